The number of pyridine rings is 1. The molecule has 0 unspecified atom stereocenters. The normalized spacial score (nSPS) is 12.8. The third-order valence-electron chi connectivity index (χ3n) is 3.66. The van der Waals surface area contributed by atoms with E-state index >= 15 is 0 Å². The molecule has 27 heavy (non-hydrogen) atoms. The number of nitrogens with one attached hydrogen (secondary N) is 2. The number of nitrogens with two attached hydrogens (primary N) is 1. The van der Waals surface area contributed by atoms with Crippen molar-refractivity contribution in [2.24, 2.45) is 0 Å². The average Bonchev–Trinajstić information content (AvgIpc) is 2.90. The van der Waals surface area contributed by atoms with Gasteiger partial charge in [-0.2, -0.15) is 13.2 Å². The summed E-state index contributed by atoms with van der Waals surface area (Å²) in [5.41, 5.74) is 5.07. The van der Waals surface area contributed by atoms with Crippen LogP contribution >= 0.6 is 0 Å². The highest BCUT2D eigenvalue weighted by atomic mass is 19.4. The van der Waals surface area contributed by atoms with Crippen molar-refractivity contribution in [3.8, 4) is 0 Å². The van der Waals surface area contributed by atoms with Gasteiger partial charge in [-0.3, -0.25) is 0 Å². The molecule has 0 radical (unpaired) electrons. The molecule has 4 N–H and O–H groups in total. The maximum absolute atomic E-state index is 13.5. The quantitative estimate of drug-likeness (QED) is 0.602. The fourth-order valence-electron chi connectivity index (χ4n) is 2.43. The summed E-state index contributed by atoms with van der Waals surface area (Å²) in [5.74, 6) is -0.686. The van der Waals surface area contributed by atoms with E-state index in [0.717, 1.165) is 24.7 Å². The molecule has 0 bridgehead atoms. The number of nitrogen functional groups attached to an aromatic ring is 1. The summed E-state index contributed by atoms with van der Waals surface area (Å²) in [4.78, 5) is 23.1. The number of urea groups is 1. The summed E-state index contributed by atoms with van der Waals surface area (Å²) in [6.07, 6.45) is -1.54. The molecule has 0 aliphatic rings. The van der Waals surface area contributed by atoms with Crippen LogP contribution in [0, 0.1) is 12.7 Å². The smallest absolute Gasteiger partial charge is 0.368 e. The molecule has 2 amide bonds. The molecular formula is C15H13F4N7O. The first-order valence-electron chi connectivity index (χ1n) is 7.51. The van der Waals surface area contributed by atoms with Gasteiger partial charge in [0.05, 0.1) is 23.8 Å². The molecule has 3 heterocycles. The number of nitrogens with zero attached hydrogens (tertiary/aromatic N) is 4. The van der Waals surface area contributed by atoms with Gasteiger partial charge in [-0.15, -0.1) is 0 Å². The highest BCUT2D eigenvalue weighted by Gasteiger charge is 2.44. The summed E-state index contributed by atoms with van der Waals surface area (Å²) < 4.78 is 55.2. The van der Waals surface area contributed by atoms with Gasteiger partial charge in [0.1, 0.15) is 11.5 Å². The van der Waals surface area contributed by atoms with E-state index in [1.165, 1.54) is 17.4 Å². The van der Waals surface area contributed by atoms with Crippen LogP contribution in [0.15, 0.2) is 30.7 Å². The molecule has 1 atom stereocenters. The van der Waals surface area contributed by atoms with Crippen LogP contribution in [0.2, 0.25) is 0 Å². The number of carbonyl (C=O) groups is 1. The van der Waals surface area contributed by atoms with Crippen LogP contribution in [-0.2, 0) is 0 Å². The van der Waals surface area contributed by atoms with Crippen LogP contribution in [0.3, 0.4) is 0 Å². The molecule has 3 rings (SSSR count). The Labute approximate surface area is 149 Å². The maximum atomic E-state index is 13.5. The minimum Gasteiger partial charge on any atom is -0.368 e. The van der Waals surface area contributed by atoms with Crippen LogP contribution in [-0.4, -0.2) is 31.6 Å². The molecule has 0 saturated carbocycles. The van der Waals surface area contributed by atoms with Gasteiger partial charge in [0.2, 0.25) is 5.95 Å². The predicted octanol–water partition coefficient (Wildman–Crippen LogP) is 2.58. The highest BCUT2D eigenvalue weighted by Crippen LogP contribution is 2.34. The van der Waals surface area contributed by atoms with Gasteiger partial charge in [-0.25, -0.2) is 24.1 Å². The molecule has 3 aromatic heterocycles. The molecule has 0 fully saturated rings. The fourth-order valence-corrected chi connectivity index (χ4v) is 2.43. The van der Waals surface area contributed by atoms with E-state index in [4.69, 9.17) is 5.73 Å². The first kappa shape index (κ1) is 18.4. The predicted molar refractivity (Wildman–Crippen MR) is 87.3 cm³/mol. The SMILES string of the molecule is Cc1c([C@@H](NC(=O)Nc2cnc(N)nc2)C(F)(F)F)nc2ccc(F)cn12. The number of halogens is 4. The van der Waals surface area contributed by atoms with Gasteiger partial charge in [0, 0.05) is 11.9 Å². The molecule has 3 aromatic rings. The number of imidazole rings is 1. The largest absolute Gasteiger partial charge is 0.414 e. The molecule has 0 aliphatic heterocycles. The number of carbonyl (C=O) groups excluding carboxylic acids is 1. The molecule has 0 aromatic carbocycles. The summed E-state index contributed by atoms with van der Waals surface area (Å²) in [5, 5.41) is 4.00. The van der Waals surface area contributed by atoms with Gasteiger partial charge in [-0.05, 0) is 19.1 Å². The summed E-state index contributed by atoms with van der Waals surface area (Å²) in [6.45, 7) is 1.35. The van der Waals surface area contributed by atoms with Crippen LogP contribution in [0.1, 0.15) is 17.4 Å². The Kier molecular flexibility index (Phi) is 4.56. The zero-order valence-corrected chi connectivity index (χ0v) is 13.8. The number of aromatic nitrogens is 4. The van der Waals surface area contributed by atoms with Crippen molar-refractivity contribution < 1.29 is 22.4 Å². The van der Waals surface area contributed by atoms with Crippen LogP contribution in [0.25, 0.3) is 5.65 Å². The number of fused-ring (bicyclic) bond motifs is 1. The number of rotatable bonds is 3. The summed E-state index contributed by atoms with van der Waals surface area (Å²) in [6, 6.07) is -1.23. The monoisotopic (exact) mass is 383 g/mol. The van der Waals surface area contributed by atoms with Crippen molar-refractivity contribution in [2.75, 3.05) is 11.1 Å². The molecule has 0 aliphatic carbocycles. The second-order valence-electron chi connectivity index (χ2n) is 5.56. The molecule has 142 valence electrons. The Morgan fingerprint density at radius 1 is 1.26 bits per heavy atom. The van der Waals surface area contributed by atoms with Crippen molar-refractivity contribution in [2.45, 2.75) is 19.1 Å². The summed E-state index contributed by atoms with van der Waals surface area (Å²) >= 11 is 0. The molecular weight excluding hydrogens is 370 g/mol. The molecule has 0 saturated heterocycles. The van der Waals surface area contributed by atoms with Crippen molar-refractivity contribution in [3.05, 3.63) is 47.9 Å². The Bertz CT molecular complexity index is 984. The zero-order chi connectivity index (χ0) is 19.8. The van der Waals surface area contributed by atoms with Gasteiger partial charge in [0.25, 0.3) is 0 Å². The van der Waals surface area contributed by atoms with Crippen LogP contribution in [0.5, 0.6) is 0 Å². The van der Waals surface area contributed by atoms with E-state index in [1.807, 2.05) is 5.32 Å². The van der Waals surface area contributed by atoms with E-state index in [1.54, 1.807) is 0 Å². The minimum atomic E-state index is -4.84. The third-order valence-corrected chi connectivity index (χ3v) is 3.66. The number of alkyl halides is 3. The van der Waals surface area contributed by atoms with Crippen LogP contribution < -0.4 is 16.4 Å². The second-order valence-corrected chi connectivity index (χ2v) is 5.56. The Morgan fingerprint density at radius 2 is 1.93 bits per heavy atom. The lowest BCUT2D eigenvalue weighted by Crippen LogP contribution is -2.41. The molecule has 12 heteroatoms. The Hall–Kier alpha value is -3.44. The molecule has 0 spiro atoms. The fraction of sp³-hybridized carbons (Fsp3) is 0.200. The third kappa shape index (κ3) is 3.88. The zero-order valence-electron chi connectivity index (χ0n) is 13.8. The topological polar surface area (TPSA) is 110 Å². The number of hydrogen-bond acceptors (Lipinski definition) is 5. The van der Waals surface area contributed by atoms with Crippen molar-refractivity contribution in [1.82, 2.24) is 24.7 Å². The Balaban J connectivity index is 1.89. The van der Waals surface area contributed by atoms with Gasteiger partial charge in [-0.1, -0.05) is 0 Å². The van der Waals surface area contributed by atoms with Crippen molar-refractivity contribution in [1.29, 1.82) is 0 Å². The average molecular weight is 383 g/mol. The number of anilines is 2. The second kappa shape index (κ2) is 6.70. The number of amides is 2. The van der Waals surface area contributed by atoms with Gasteiger partial charge >= 0.3 is 12.2 Å². The minimum absolute atomic E-state index is 0.0444. The van der Waals surface area contributed by atoms with Crippen molar-refractivity contribution in [3.63, 3.8) is 0 Å². The van der Waals surface area contributed by atoms with E-state index in [0.29, 0.717) is 0 Å². The molecule has 8 nitrogen and oxygen atoms in total. The van der Waals surface area contributed by atoms with Gasteiger partial charge in [0.15, 0.2) is 6.04 Å². The van der Waals surface area contributed by atoms with Crippen LogP contribution in [0.4, 0.5) is 34.0 Å². The first-order valence-corrected chi connectivity index (χ1v) is 7.51. The lowest BCUT2D eigenvalue weighted by atomic mass is 10.1. The van der Waals surface area contributed by atoms with E-state index < -0.39 is 29.8 Å². The van der Waals surface area contributed by atoms with Crippen molar-refractivity contribution >= 4 is 23.3 Å². The lowest BCUT2D eigenvalue weighted by molar-refractivity contribution is -0.155. The number of hydrogen-bond donors (Lipinski definition) is 3. The van der Waals surface area contributed by atoms with Gasteiger partial charge < -0.3 is 20.8 Å². The number of aryl methyl sites for hydroxylation is 1. The summed E-state index contributed by atoms with van der Waals surface area (Å²) in [7, 11) is 0. The van der Waals surface area contributed by atoms with E-state index in [2.05, 4.69) is 20.3 Å². The highest BCUT2D eigenvalue weighted by molar-refractivity contribution is 5.89. The van der Waals surface area contributed by atoms with E-state index in [-0.39, 0.29) is 23.0 Å². The lowest BCUT2D eigenvalue weighted by Gasteiger charge is -2.21. The van der Waals surface area contributed by atoms with E-state index in [9.17, 15) is 22.4 Å². The Morgan fingerprint density at radius 3 is 2.56 bits per heavy atom. The maximum Gasteiger partial charge on any atom is 0.414 e. The standard InChI is InChI=1S/C15H13F4N7O/c1-7-11(24-10-3-2-8(16)6-26(7)10)12(15(17,18)19)25-14(27)23-9-4-21-13(20)22-5-9/h2-6,12H,1H3,(H2,20,21,22)(H2,23,25,27)/t12-/m1/s1. The first-order chi connectivity index (χ1) is 12.6.